The first-order valence-corrected chi connectivity index (χ1v) is 12.9. The van der Waals surface area contributed by atoms with Gasteiger partial charge in [-0.3, -0.25) is 10.1 Å². The first-order valence-electron chi connectivity index (χ1n) is 12.9. The van der Waals surface area contributed by atoms with E-state index >= 15 is 0 Å². The van der Waals surface area contributed by atoms with Crippen molar-refractivity contribution in [3.63, 3.8) is 0 Å². The van der Waals surface area contributed by atoms with Crippen molar-refractivity contribution in [1.82, 2.24) is 9.97 Å². The molecule has 0 amide bonds. The van der Waals surface area contributed by atoms with E-state index in [-0.39, 0.29) is 10.6 Å². The molecule has 0 aliphatic heterocycles. The smallest absolute Gasteiger partial charge is 0.270 e. The van der Waals surface area contributed by atoms with Gasteiger partial charge in [0.05, 0.1) is 48.5 Å². The molecule has 6 rings (SSSR count). The van der Waals surface area contributed by atoms with Gasteiger partial charge in [0, 0.05) is 46.1 Å². The molecule has 9 nitrogen and oxygen atoms in total. The van der Waals surface area contributed by atoms with Gasteiger partial charge in [0.2, 0.25) is 11.3 Å². The molecular formula is C32H27N4O5+. The van der Waals surface area contributed by atoms with Crippen LogP contribution in [0.2, 0.25) is 0 Å². The van der Waals surface area contributed by atoms with E-state index in [4.69, 9.17) is 19.2 Å². The molecule has 0 atom stereocenters. The summed E-state index contributed by atoms with van der Waals surface area (Å²) in [6.07, 6.45) is 6.02. The number of nitrogens with one attached hydrogen (secondary N) is 1. The van der Waals surface area contributed by atoms with Gasteiger partial charge >= 0.3 is 0 Å². The van der Waals surface area contributed by atoms with Gasteiger partial charge in [-0.05, 0) is 42.0 Å². The summed E-state index contributed by atoms with van der Waals surface area (Å²) in [7, 11) is 6.70. The number of nitrogens with zero attached hydrogens (tertiary/aromatic N) is 3. The third kappa shape index (κ3) is 4.47. The number of aromatic amines is 1. The van der Waals surface area contributed by atoms with Crippen LogP contribution in [0.25, 0.3) is 56.1 Å². The van der Waals surface area contributed by atoms with E-state index in [1.807, 2.05) is 55.7 Å². The average molecular weight is 548 g/mol. The molecule has 6 aromatic rings. The Morgan fingerprint density at radius 2 is 1.63 bits per heavy atom. The zero-order valence-corrected chi connectivity index (χ0v) is 23.0. The van der Waals surface area contributed by atoms with E-state index in [1.54, 1.807) is 33.5 Å². The Morgan fingerprint density at radius 3 is 2.34 bits per heavy atom. The summed E-state index contributed by atoms with van der Waals surface area (Å²) in [6.45, 7) is 0. The number of hydrogen-bond donors (Lipinski definition) is 1. The zero-order valence-electron chi connectivity index (χ0n) is 23.0. The lowest BCUT2D eigenvalue weighted by atomic mass is 10.0. The number of methoxy groups -OCH3 is 3. The standard InChI is InChI=1S/C32H26N4O5/c1-35-14-13-19(23-7-5-6-8-27(23)35)9-10-21-17-25-24-18-22(36(37)38)11-12-26(24)34-31(25)30(33-21)20-15-28(39-2)32(41-4)29(16-20)40-3/h5-18H,1-4H3/p+1. The molecule has 1 N–H and O–H groups in total. The predicted octanol–water partition coefficient (Wildman–Crippen LogP) is 6.47. The van der Waals surface area contributed by atoms with Gasteiger partial charge in [0.25, 0.3) is 5.69 Å². The second kappa shape index (κ2) is 10.3. The van der Waals surface area contributed by atoms with Crippen LogP contribution in [0.4, 0.5) is 5.69 Å². The topological polar surface area (TPSA) is 103 Å². The lowest BCUT2D eigenvalue weighted by molar-refractivity contribution is -0.644. The molecular weight excluding hydrogens is 520 g/mol. The number of nitro groups is 1. The number of non-ortho nitro benzene ring substituents is 1. The minimum Gasteiger partial charge on any atom is -0.493 e. The van der Waals surface area contributed by atoms with Gasteiger partial charge in [0.15, 0.2) is 17.7 Å². The second-order valence-corrected chi connectivity index (χ2v) is 9.58. The first kappa shape index (κ1) is 25.8. The highest BCUT2D eigenvalue weighted by atomic mass is 16.6. The molecule has 0 spiro atoms. The molecule has 3 aromatic carbocycles. The zero-order chi connectivity index (χ0) is 28.7. The SMILES string of the molecule is COc1cc(-c2nc(/C=C/c3cc[n+](C)c4ccccc34)cc3c2[nH]c2ccc([N+](=O)[O-])cc23)cc(OC)c1OC. The van der Waals surface area contributed by atoms with Crippen LogP contribution in [0.1, 0.15) is 11.3 Å². The fourth-order valence-electron chi connectivity index (χ4n) is 5.24. The Balaban J connectivity index is 1.61. The second-order valence-electron chi connectivity index (χ2n) is 9.58. The minimum absolute atomic E-state index is 0.0188. The van der Waals surface area contributed by atoms with Gasteiger partial charge in [-0.2, -0.15) is 0 Å². The van der Waals surface area contributed by atoms with Crippen LogP contribution in [-0.2, 0) is 7.05 Å². The van der Waals surface area contributed by atoms with Gasteiger partial charge < -0.3 is 19.2 Å². The van der Waals surface area contributed by atoms with Crippen molar-refractivity contribution in [3.05, 3.63) is 94.3 Å². The number of fused-ring (bicyclic) bond motifs is 4. The molecule has 0 aliphatic rings. The molecule has 9 heteroatoms. The van der Waals surface area contributed by atoms with E-state index in [1.165, 1.54) is 6.07 Å². The van der Waals surface area contributed by atoms with Crippen LogP contribution >= 0.6 is 0 Å². The summed E-state index contributed by atoms with van der Waals surface area (Å²) in [5.74, 6) is 1.46. The maximum atomic E-state index is 11.6. The summed E-state index contributed by atoms with van der Waals surface area (Å²) in [4.78, 5) is 19.6. The molecule has 3 heterocycles. The highest BCUT2D eigenvalue weighted by Gasteiger charge is 2.20. The highest BCUT2D eigenvalue weighted by Crippen LogP contribution is 2.43. The quantitative estimate of drug-likeness (QED) is 0.140. The van der Waals surface area contributed by atoms with E-state index in [0.717, 1.165) is 43.8 Å². The number of H-pyrrole nitrogens is 1. The maximum Gasteiger partial charge on any atom is 0.270 e. The molecule has 0 unspecified atom stereocenters. The van der Waals surface area contributed by atoms with Crippen LogP contribution in [0.15, 0.2) is 72.9 Å². The number of hydrogen-bond acceptors (Lipinski definition) is 6. The Morgan fingerprint density at radius 1 is 0.878 bits per heavy atom. The van der Waals surface area contributed by atoms with Crippen molar-refractivity contribution >= 4 is 50.5 Å². The number of aromatic nitrogens is 3. The molecule has 204 valence electrons. The summed E-state index contributed by atoms with van der Waals surface area (Å²) >= 11 is 0. The number of para-hydroxylation sites is 1. The van der Waals surface area contributed by atoms with Gasteiger partial charge in [0.1, 0.15) is 7.05 Å². The molecule has 0 saturated carbocycles. The predicted molar refractivity (Wildman–Crippen MR) is 159 cm³/mol. The fraction of sp³-hybridized carbons (Fsp3) is 0.125. The molecule has 0 radical (unpaired) electrons. The van der Waals surface area contributed by atoms with Crippen molar-refractivity contribution in [2.75, 3.05) is 21.3 Å². The van der Waals surface area contributed by atoms with E-state index in [9.17, 15) is 10.1 Å². The van der Waals surface area contributed by atoms with Gasteiger partial charge in [-0.1, -0.05) is 18.2 Å². The number of ether oxygens (including phenoxy) is 3. The Hall–Kier alpha value is -5.44. The Labute approximate surface area is 235 Å². The minimum atomic E-state index is -0.388. The van der Waals surface area contributed by atoms with Crippen molar-refractivity contribution < 1.29 is 23.7 Å². The Kier molecular flexibility index (Phi) is 6.47. The number of nitro benzene ring substituents is 1. The monoisotopic (exact) mass is 547 g/mol. The molecule has 41 heavy (non-hydrogen) atoms. The van der Waals surface area contributed by atoms with Crippen LogP contribution in [0, 0.1) is 10.1 Å². The molecule has 0 saturated heterocycles. The maximum absolute atomic E-state index is 11.6. The third-order valence-electron chi connectivity index (χ3n) is 7.25. The van der Waals surface area contributed by atoms with Crippen LogP contribution < -0.4 is 18.8 Å². The van der Waals surface area contributed by atoms with Crippen LogP contribution in [-0.4, -0.2) is 36.2 Å². The molecule has 3 aromatic heterocycles. The van der Waals surface area contributed by atoms with Crippen molar-refractivity contribution in [1.29, 1.82) is 0 Å². The Bertz CT molecular complexity index is 1990. The van der Waals surface area contributed by atoms with Crippen molar-refractivity contribution in [2.45, 2.75) is 0 Å². The lowest BCUT2D eigenvalue weighted by Gasteiger charge is -2.14. The van der Waals surface area contributed by atoms with Crippen LogP contribution in [0.5, 0.6) is 17.2 Å². The lowest BCUT2D eigenvalue weighted by Crippen LogP contribution is -2.28. The molecule has 0 aliphatic carbocycles. The van der Waals surface area contributed by atoms with E-state index < -0.39 is 0 Å². The van der Waals surface area contributed by atoms with Crippen molar-refractivity contribution in [2.24, 2.45) is 7.05 Å². The van der Waals surface area contributed by atoms with Crippen molar-refractivity contribution in [3.8, 4) is 28.5 Å². The first-order chi connectivity index (χ1) is 19.9. The number of pyridine rings is 2. The average Bonchev–Trinajstić information content (AvgIpc) is 3.37. The van der Waals surface area contributed by atoms with Gasteiger partial charge in [-0.15, -0.1) is 0 Å². The summed E-state index contributed by atoms with van der Waals surface area (Å²) in [5.41, 5.74) is 5.75. The third-order valence-corrected chi connectivity index (χ3v) is 7.25. The highest BCUT2D eigenvalue weighted by molar-refractivity contribution is 6.12. The number of rotatable bonds is 7. The molecule has 0 fully saturated rings. The summed E-state index contributed by atoms with van der Waals surface area (Å²) in [6, 6.07) is 20.7. The normalized spacial score (nSPS) is 11.5. The fourth-order valence-corrected chi connectivity index (χ4v) is 5.24. The number of aryl methyl sites for hydroxylation is 1. The number of benzene rings is 3. The van der Waals surface area contributed by atoms with Gasteiger partial charge in [-0.25, -0.2) is 9.55 Å². The van der Waals surface area contributed by atoms with E-state index in [0.29, 0.717) is 28.6 Å². The van der Waals surface area contributed by atoms with E-state index in [2.05, 4.69) is 27.8 Å². The molecule has 0 bridgehead atoms. The van der Waals surface area contributed by atoms with Crippen LogP contribution in [0.3, 0.4) is 0 Å². The summed E-state index contributed by atoms with van der Waals surface area (Å²) < 4.78 is 18.8. The summed E-state index contributed by atoms with van der Waals surface area (Å²) in [5, 5.41) is 14.2. The largest absolute Gasteiger partial charge is 0.493 e.